The average Bonchev–Trinajstić information content (AvgIpc) is 3.13. The summed E-state index contributed by atoms with van der Waals surface area (Å²) in [7, 11) is 0. The van der Waals surface area contributed by atoms with E-state index in [0.717, 1.165) is 16.3 Å². The van der Waals surface area contributed by atoms with E-state index in [0.29, 0.717) is 33.6 Å². The van der Waals surface area contributed by atoms with Crippen LogP contribution in [0.15, 0.2) is 71.6 Å². The van der Waals surface area contributed by atoms with E-state index in [1.54, 1.807) is 12.1 Å². The SMILES string of the molecule is CCCOC(=O)C(c1ccccc1)N1C(=O)/C(=C\c2c(OCC)ccc3ccccc23)SC1=S. The third-order valence-corrected chi connectivity index (χ3v) is 6.71. The molecule has 0 aromatic heterocycles. The molecule has 0 bridgehead atoms. The van der Waals surface area contributed by atoms with Gasteiger partial charge in [0.2, 0.25) is 0 Å². The van der Waals surface area contributed by atoms with E-state index in [9.17, 15) is 9.59 Å². The molecule has 3 aromatic carbocycles. The molecule has 1 amide bonds. The highest BCUT2D eigenvalue weighted by Gasteiger charge is 2.42. The molecule has 5 nitrogen and oxygen atoms in total. The first kappa shape index (κ1) is 24.0. The molecule has 174 valence electrons. The maximum Gasteiger partial charge on any atom is 0.333 e. The molecule has 0 radical (unpaired) electrons. The first-order valence-corrected chi connectivity index (χ1v) is 12.4. The van der Waals surface area contributed by atoms with Crippen molar-refractivity contribution in [1.82, 2.24) is 4.90 Å². The number of amides is 1. The lowest BCUT2D eigenvalue weighted by molar-refractivity contribution is -0.151. The Hall–Kier alpha value is -3.16. The van der Waals surface area contributed by atoms with Gasteiger partial charge in [-0.2, -0.15) is 0 Å². The largest absolute Gasteiger partial charge is 0.493 e. The van der Waals surface area contributed by atoms with Gasteiger partial charge in [-0.3, -0.25) is 9.69 Å². The molecule has 1 saturated heterocycles. The lowest BCUT2D eigenvalue weighted by Gasteiger charge is -2.25. The Kier molecular flexibility index (Phi) is 7.65. The van der Waals surface area contributed by atoms with Gasteiger partial charge in [-0.05, 0) is 41.8 Å². The molecule has 0 aliphatic carbocycles. The number of thioether (sulfide) groups is 1. The highest BCUT2D eigenvalue weighted by molar-refractivity contribution is 8.26. The van der Waals surface area contributed by atoms with Crippen LogP contribution in [0.2, 0.25) is 0 Å². The normalized spacial score (nSPS) is 15.7. The molecule has 1 fully saturated rings. The number of nitrogens with zero attached hydrogens (tertiary/aromatic N) is 1. The lowest BCUT2D eigenvalue weighted by Crippen LogP contribution is -2.38. The Balaban J connectivity index is 1.76. The van der Waals surface area contributed by atoms with Gasteiger partial charge in [0.05, 0.1) is 18.1 Å². The fraction of sp³-hybridized carbons (Fsp3) is 0.222. The molecule has 1 atom stereocenters. The predicted octanol–water partition coefficient (Wildman–Crippen LogP) is 6.13. The Morgan fingerprint density at radius 1 is 1.06 bits per heavy atom. The molecule has 0 saturated carbocycles. The summed E-state index contributed by atoms with van der Waals surface area (Å²) in [4.78, 5) is 28.5. The van der Waals surface area contributed by atoms with E-state index in [2.05, 4.69) is 0 Å². The van der Waals surface area contributed by atoms with Gasteiger partial charge < -0.3 is 9.47 Å². The first-order valence-electron chi connectivity index (χ1n) is 11.2. The molecule has 3 aromatic rings. The predicted molar refractivity (Wildman–Crippen MR) is 141 cm³/mol. The summed E-state index contributed by atoms with van der Waals surface area (Å²) in [6, 6.07) is 20.0. The van der Waals surface area contributed by atoms with Gasteiger partial charge in [-0.15, -0.1) is 0 Å². The molecule has 34 heavy (non-hydrogen) atoms. The Labute approximate surface area is 208 Å². The molecule has 1 aliphatic heterocycles. The quantitative estimate of drug-likeness (QED) is 0.215. The van der Waals surface area contributed by atoms with Crippen LogP contribution in [-0.2, 0) is 14.3 Å². The van der Waals surface area contributed by atoms with Crippen LogP contribution in [0.4, 0.5) is 0 Å². The van der Waals surface area contributed by atoms with Gasteiger partial charge in [-0.1, -0.05) is 91.6 Å². The number of fused-ring (bicyclic) bond motifs is 1. The lowest BCUT2D eigenvalue weighted by atomic mass is 10.0. The number of carbonyl (C=O) groups excluding carboxylic acids is 2. The summed E-state index contributed by atoms with van der Waals surface area (Å²) in [6.07, 6.45) is 2.50. The van der Waals surface area contributed by atoms with Crippen LogP contribution in [0.25, 0.3) is 16.8 Å². The van der Waals surface area contributed by atoms with Gasteiger partial charge in [0.1, 0.15) is 10.1 Å². The van der Waals surface area contributed by atoms with Crippen molar-refractivity contribution in [3.8, 4) is 5.75 Å². The summed E-state index contributed by atoms with van der Waals surface area (Å²) in [6.45, 7) is 4.62. The zero-order chi connectivity index (χ0) is 24.1. The van der Waals surface area contributed by atoms with Crippen LogP contribution >= 0.6 is 24.0 Å². The van der Waals surface area contributed by atoms with E-state index in [1.165, 1.54) is 16.7 Å². The van der Waals surface area contributed by atoms with Gasteiger partial charge >= 0.3 is 5.97 Å². The van der Waals surface area contributed by atoms with Gasteiger partial charge in [0, 0.05) is 5.56 Å². The van der Waals surface area contributed by atoms with Crippen molar-refractivity contribution in [3.05, 3.63) is 82.8 Å². The third kappa shape index (κ3) is 4.86. The Morgan fingerprint density at radius 3 is 2.53 bits per heavy atom. The number of thiocarbonyl (C=S) groups is 1. The van der Waals surface area contributed by atoms with Crippen molar-refractivity contribution < 1.29 is 19.1 Å². The summed E-state index contributed by atoms with van der Waals surface area (Å²) in [5.74, 6) is -0.133. The zero-order valence-corrected chi connectivity index (χ0v) is 20.7. The first-order chi connectivity index (χ1) is 16.5. The summed E-state index contributed by atoms with van der Waals surface area (Å²) < 4.78 is 11.6. The number of rotatable bonds is 8. The molecular weight excluding hydrogens is 466 g/mol. The zero-order valence-electron chi connectivity index (χ0n) is 19.0. The average molecular weight is 492 g/mol. The topological polar surface area (TPSA) is 55.8 Å². The van der Waals surface area contributed by atoms with Crippen LogP contribution in [0.5, 0.6) is 5.75 Å². The van der Waals surface area contributed by atoms with Gasteiger partial charge in [-0.25, -0.2) is 4.79 Å². The summed E-state index contributed by atoms with van der Waals surface area (Å²) in [5, 5.41) is 2.01. The van der Waals surface area contributed by atoms with Crippen molar-refractivity contribution in [2.45, 2.75) is 26.3 Å². The van der Waals surface area contributed by atoms with Crippen LogP contribution in [0.3, 0.4) is 0 Å². The maximum atomic E-state index is 13.6. The third-order valence-electron chi connectivity index (χ3n) is 5.37. The number of benzene rings is 3. The second-order valence-electron chi connectivity index (χ2n) is 7.66. The number of carbonyl (C=O) groups is 2. The van der Waals surface area contributed by atoms with Crippen molar-refractivity contribution in [2.75, 3.05) is 13.2 Å². The van der Waals surface area contributed by atoms with Crippen molar-refractivity contribution in [2.24, 2.45) is 0 Å². The fourth-order valence-corrected chi connectivity index (χ4v) is 5.14. The smallest absolute Gasteiger partial charge is 0.333 e. The van der Waals surface area contributed by atoms with E-state index >= 15 is 0 Å². The second-order valence-corrected chi connectivity index (χ2v) is 9.34. The minimum absolute atomic E-state index is 0.278. The maximum absolute atomic E-state index is 13.6. The highest BCUT2D eigenvalue weighted by Crippen LogP contribution is 2.41. The molecule has 1 heterocycles. The van der Waals surface area contributed by atoms with Crippen molar-refractivity contribution in [3.63, 3.8) is 0 Å². The Bertz CT molecular complexity index is 1260. The van der Waals surface area contributed by atoms with Crippen LogP contribution in [0, 0.1) is 0 Å². The van der Waals surface area contributed by atoms with E-state index in [-0.39, 0.29) is 12.5 Å². The molecule has 0 N–H and O–H groups in total. The molecule has 1 aliphatic rings. The van der Waals surface area contributed by atoms with Crippen molar-refractivity contribution >= 4 is 57.0 Å². The molecule has 7 heteroatoms. The molecule has 4 rings (SSSR count). The minimum atomic E-state index is -0.940. The Morgan fingerprint density at radius 2 is 1.79 bits per heavy atom. The summed E-state index contributed by atoms with van der Waals surface area (Å²) in [5.41, 5.74) is 1.46. The number of hydrogen-bond donors (Lipinski definition) is 0. The van der Waals surface area contributed by atoms with E-state index in [4.69, 9.17) is 21.7 Å². The number of esters is 1. The van der Waals surface area contributed by atoms with Crippen LogP contribution in [0.1, 0.15) is 37.4 Å². The minimum Gasteiger partial charge on any atom is -0.493 e. The standard InChI is InChI=1S/C27H25NO4S2/c1-3-16-32-26(30)24(19-11-6-5-7-12-19)28-25(29)23(34-27(28)33)17-21-20-13-9-8-10-18(20)14-15-22(21)31-4-2/h5-15,17,24H,3-4,16H2,1-2H3/b23-17+. The van der Waals surface area contributed by atoms with Gasteiger partial charge in [0.15, 0.2) is 6.04 Å². The monoisotopic (exact) mass is 491 g/mol. The fourth-order valence-electron chi connectivity index (χ4n) is 3.85. The van der Waals surface area contributed by atoms with Crippen LogP contribution < -0.4 is 4.74 Å². The van der Waals surface area contributed by atoms with Crippen LogP contribution in [-0.4, -0.2) is 34.3 Å². The number of ether oxygens (including phenoxy) is 2. The summed E-state index contributed by atoms with van der Waals surface area (Å²) >= 11 is 6.77. The highest BCUT2D eigenvalue weighted by atomic mass is 32.2. The van der Waals surface area contributed by atoms with Crippen molar-refractivity contribution in [1.29, 1.82) is 0 Å². The van der Waals surface area contributed by atoms with E-state index in [1.807, 2.05) is 74.5 Å². The molecular formula is C27H25NO4S2. The molecule has 0 spiro atoms. The van der Waals surface area contributed by atoms with E-state index < -0.39 is 12.0 Å². The second kappa shape index (κ2) is 10.8. The van der Waals surface area contributed by atoms with Gasteiger partial charge in [0.25, 0.3) is 5.91 Å². The molecule has 1 unspecified atom stereocenters. The number of hydrogen-bond acceptors (Lipinski definition) is 6.